The lowest BCUT2D eigenvalue weighted by atomic mass is 9.89. The Labute approximate surface area is 147 Å². The van der Waals surface area contributed by atoms with Gasteiger partial charge in [0.05, 0.1) is 20.3 Å². The number of methoxy groups -OCH3 is 2. The third kappa shape index (κ3) is 2.77. The third-order valence-electron chi connectivity index (χ3n) is 4.00. The van der Waals surface area contributed by atoms with Crippen molar-refractivity contribution in [3.8, 4) is 11.5 Å². The van der Waals surface area contributed by atoms with E-state index >= 15 is 0 Å². The van der Waals surface area contributed by atoms with Gasteiger partial charge in [-0.2, -0.15) is 0 Å². The zero-order valence-electron chi connectivity index (χ0n) is 12.5. The summed E-state index contributed by atoms with van der Waals surface area (Å²) >= 11 is 7.11. The monoisotopic (exact) mass is 425 g/mol. The molecule has 0 fully saturated rings. The van der Waals surface area contributed by atoms with Gasteiger partial charge >= 0.3 is 0 Å². The van der Waals surface area contributed by atoms with Crippen molar-refractivity contribution < 1.29 is 9.47 Å². The van der Waals surface area contributed by atoms with Gasteiger partial charge in [-0.1, -0.05) is 12.1 Å². The van der Waals surface area contributed by atoms with Crippen LogP contribution in [0.5, 0.6) is 11.5 Å². The van der Waals surface area contributed by atoms with Crippen LogP contribution in [0, 0.1) is 0 Å². The van der Waals surface area contributed by atoms with Crippen LogP contribution in [-0.4, -0.2) is 20.8 Å². The minimum absolute atomic E-state index is 0.160. The van der Waals surface area contributed by atoms with Crippen molar-refractivity contribution in [2.75, 3.05) is 20.8 Å². The van der Waals surface area contributed by atoms with E-state index in [1.807, 2.05) is 6.07 Å². The van der Waals surface area contributed by atoms with Crippen LogP contribution in [0.25, 0.3) is 0 Å². The molecule has 22 heavy (non-hydrogen) atoms. The van der Waals surface area contributed by atoms with E-state index in [1.165, 1.54) is 16.7 Å². The van der Waals surface area contributed by atoms with E-state index in [9.17, 15) is 0 Å². The molecule has 0 aliphatic carbocycles. The summed E-state index contributed by atoms with van der Waals surface area (Å²) in [6.45, 7) is 0.912. The molecule has 0 saturated carbocycles. The highest BCUT2D eigenvalue weighted by Gasteiger charge is 2.26. The second kappa shape index (κ2) is 6.60. The maximum Gasteiger partial charge on any atom is 0.164 e. The van der Waals surface area contributed by atoms with E-state index in [0.29, 0.717) is 0 Å². The molecule has 0 amide bonds. The molecular weight excluding hydrogens is 410 g/mol. The van der Waals surface area contributed by atoms with Crippen molar-refractivity contribution in [1.82, 2.24) is 5.32 Å². The molecule has 1 unspecified atom stereocenters. The normalized spacial score (nSPS) is 17.0. The SMILES string of the molecule is COc1ccc2c(c1OC)CCNC2c1ccc(Br)c(Br)c1. The van der Waals surface area contributed by atoms with Crippen molar-refractivity contribution in [2.24, 2.45) is 0 Å². The highest BCUT2D eigenvalue weighted by atomic mass is 79.9. The van der Waals surface area contributed by atoms with Gasteiger partial charge in [0.2, 0.25) is 0 Å². The lowest BCUT2D eigenvalue weighted by Crippen LogP contribution is -2.31. The van der Waals surface area contributed by atoms with Gasteiger partial charge in [0, 0.05) is 21.1 Å². The summed E-state index contributed by atoms with van der Waals surface area (Å²) in [5, 5.41) is 3.59. The predicted octanol–water partition coefficient (Wildman–Crippen LogP) is 4.46. The van der Waals surface area contributed by atoms with Gasteiger partial charge in [0.25, 0.3) is 0 Å². The second-order valence-electron chi connectivity index (χ2n) is 5.18. The Hall–Kier alpha value is -1.04. The molecule has 116 valence electrons. The quantitative estimate of drug-likeness (QED) is 0.785. The van der Waals surface area contributed by atoms with Gasteiger partial charge in [0.15, 0.2) is 11.5 Å². The number of benzene rings is 2. The summed E-state index contributed by atoms with van der Waals surface area (Å²) in [6.07, 6.45) is 0.934. The first-order valence-electron chi connectivity index (χ1n) is 7.07. The number of hydrogen-bond acceptors (Lipinski definition) is 3. The standard InChI is InChI=1S/C17H17Br2NO2/c1-21-15-6-4-11-12(17(15)22-2)7-8-20-16(11)10-3-5-13(18)14(19)9-10/h3-6,9,16,20H,7-8H2,1-2H3. The summed E-state index contributed by atoms with van der Waals surface area (Å²) in [7, 11) is 3.38. The molecule has 2 aromatic carbocycles. The summed E-state index contributed by atoms with van der Waals surface area (Å²) in [6, 6.07) is 10.6. The molecule has 0 saturated heterocycles. The molecular formula is C17H17Br2NO2. The Morgan fingerprint density at radius 2 is 1.86 bits per heavy atom. The zero-order chi connectivity index (χ0) is 15.7. The van der Waals surface area contributed by atoms with Crippen LogP contribution in [0.4, 0.5) is 0 Å². The van der Waals surface area contributed by atoms with Crippen molar-refractivity contribution in [2.45, 2.75) is 12.5 Å². The summed E-state index contributed by atoms with van der Waals surface area (Å²) < 4.78 is 13.1. The fourth-order valence-electron chi connectivity index (χ4n) is 2.98. The van der Waals surface area contributed by atoms with E-state index < -0.39 is 0 Å². The number of fused-ring (bicyclic) bond motifs is 1. The molecule has 1 aliphatic heterocycles. The van der Waals surface area contributed by atoms with E-state index in [-0.39, 0.29) is 6.04 Å². The fraction of sp³-hybridized carbons (Fsp3) is 0.294. The average molecular weight is 427 g/mol. The van der Waals surface area contributed by atoms with E-state index in [0.717, 1.165) is 33.4 Å². The maximum atomic E-state index is 5.59. The first kappa shape index (κ1) is 15.8. The molecule has 0 bridgehead atoms. The van der Waals surface area contributed by atoms with Gasteiger partial charge in [-0.15, -0.1) is 0 Å². The van der Waals surface area contributed by atoms with Gasteiger partial charge in [0.1, 0.15) is 0 Å². The number of ether oxygens (including phenoxy) is 2. The van der Waals surface area contributed by atoms with Gasteiger partial charge in [-0.25, -0.2) is 0 Å². The first-order valence-corrected chi connectivity index (χ1v) is 8.66. The van der Waals surface area contributed by atoms with E-state index in [2.05, 4.69) is 61.4 Å². The Morgan fingerprint density at radius 1 is 1.05 bits per heavy atom. The second-order valence-corrected chi connectivity index (χ2v) is 6.89. The van der Waals surface area contributed by atoms with Gasteiger partial charge in [-0.05, 0) is 67.6 Å². The van der Waals surface area contributed by atoms with Crippen molar-refractivity contribution >= 4 is 31.9 Å². The van der Waals surface area contributed by atoms with Crippen molar-refractivity contribution in [3.63, 3.8) is 0 Å². The number of hydrogen-bond donors (Lipinski definition) is 1. The average Bonchev–Trinajstić information content (AvgIpc) is 2.55. The highest BCUT2D eigenvalue weighted by molar-refractivity contribution is 9.13. The van der Waals surface area contributed by atoms with Crippen molar-refractivity contribution in [3.05, 3.63) is 56.0 Å². The lowest BCUT2D eigenvalue weighted by Gasteiger charge is -2.29. The molecule has 1 atom stereocenters. The Balaban J connectivity index is 2.10. The number of halogens is 2. The molecule has 1 heterocycles. The molecule has 0 aromatic heterocycles. The summed E-state index contributed by atoms with van der Waals surface area (Å²) in [5.74, 6) is 1.64. The highest BCUT2D eigenvalue weighted by Crippen LogP contribution is 2.40. The van der Waals surface area contributed by atoms with Crippen LogP contribution in [-0.2, 0) is 6.42 Å². The summed E-state index contributed by atoms with van der Waals surface area (Å²) in [4.78, 5) is 0. The lowest BCUT2D eigenvalue weighted by molar-refractivity contribution is 0.348. The molecule has 2 aromatic rings. The van der Waals surface area contributed by atoms with E-state index in [1.54, 1.807) is 14.2 Å². The minimum Gasteiger partial charge on any atom is -0.493 e. The van der Waals surface area contributed by atoms with Crippen molar-refractivity contribution in [1.29, 1.82) is 0 Å². The van der Waals surface area contributed by atoms with Crippen LogP contribution in [0.15, 0.2) is 39.3 Å². The number of nitrogens with one attached hydrogen (secondary N) is 1. The predicted molar refractivity (Wildman–Crippen MR) is 94.9 cm³/mol. The van der Waals surface area contributed by atoms with Crippen LogP contribution >= 0.6 is 31.9 Å². The van der Waals surface area contributed by atoms with Gasteiger partial charge in [-0.3, -0.25) is 0 Å². The Kier molecular flexibility index (Phi) is 4.76. The topological polar surface area (TPSA) is 30.5 Å². The molecule has 1 aliphatic rings. The number of rotatable bonds is 3. The van der Waals surface area contributed by atoms with Crippen LogP contribution < -0.4 is 14.8 Å². The molecule has 3 rings (SSSR count). The molecule has 1 N–H and O–H groups in total. The van der Waals surface area contributed by atoms with Crippen LogP contribution in [0.3, 0.4) is 0 Å². The molecule has 5 heteroatoms. The zero-order valence-corrected chi connectivity index (χ0v) is 15.6. The largest absolute Gasteiger partial charge is 0.493 e. The summed E-state index contributed by atoms with van der Waals surface area (Å²) in [5.41, 5.74) is 3.70. The van der Waals surface area contributed by atoms with Crippen LogP contribution in [0.2, 0.25) is 0 Å². The van der Waals surface area contributed by atoms with E-state index in [4.69, 9.17) is 9.47 Å². The minimum atomic E-state index is 0.160. The Morgan fingerprint density at radius 3 is 2.55 bits per heavy atom. The molecule has 0 spiro atoms. The molecule has 0 radical (unpaired) electrons. The smallest absolute Gasteiger partial charge is 0.164 e. The van der Waals surface area contributed by atoms with Gasteiger partial charge < -0.3 is 14.8 Å². The molecule has 3 nitrogen and oxygen atoms in total. The fourth-order valence-corrected chi connectivity index (χ4v) is 3.62. The maximum absolute atomic E-state index is 5.59. The van der Waals surface area contributed by atoms with Crippen LogP contribution in [0.1, 0.15) is 22.7 Å². The first-order chi connectivity index (χ1) is 10.7. The Bertz CT molecular complexity index is 703. The third-order valence-corrected chi connectivity index (χ3v) is 5.88.